The predicted molar refractivity (Wildman–Crippen MR) is 94.7 cm³/mol. The van der Waals surface area contributed by atoms with Gasteiger partial charge in [0.1, 0.15) is 5.82 Å². The van der Waals surface area contributed by atoms with Gasteiger partial charge in [-0.05, 0) is 63.8 Å². The topological polar surface area (TPSA) is 44.4 Å². The van der Waals surface area contributed by atoms with Gasteiger partial charge >= 0.3 is 0 Å². The van der Waals surface area contributed by atoms with E-state index >= 15 is 0 Å². The second-order valence-electron chi connectivity index (χ2n) is 7.22. The number of nitrogens with one attached hydrogen (secondary N) is 2. The van der Waals surface area contributed by atoms with E-state index < -0.39 is 0 Å². The molecule has 132 valence electrons. The van der Waals surface area contributed by atoms with Crippen molar-refractivity contribution in [2.75, 3.05) is 24.5 Å². The number of hydrogen-bond donors (Lipinski definition) is 2. The van der Waals surface area contributed by atoms with Crippen molar-refractivity contribution in [1.29, 1.82) is 0 Å². The molecule has 2 fully saturated rings. The highest BCUT2D eigenvalue weighted by atomic mass is 19.1. The molecule has 5 heteroatoms. The lowest BCUT2D eigenvalue weighted by atomic mass is 9.90. The fraction of sp³-hybridized carbons (Fsp3) is 0.632. The molecule has 2 aliphatic heterocycles. The van der Waals surface area contributed by atoms with Crippen molar-refractivity contribution in [1.82, 2.24) is 10.6 Å². The molecule has 0 aliphatic carbocycles. The fourth-order valence-electron chi connectivity index (χ4n) is 3.84. The third kappa shape index (κ3) is 3.89. The molecule has 2 N–H and O–H groups in total. The van der Waals surface area contributed by atoms with Crippen molar-refractivity contribution in [3.8, 4) is 0 Å². The van der Waals surface area contributed by atoms with Crippen molar-refractivity contribution in [3.05, 3.63) is 29.6 Å². The van der Waals surface area contributed by atoms with Gasteiger partial charge < -0.3 is 15.5 Å². The summed E-state index contributed by atoms with van der Waals surface area (Å²) >= 11 is 0. The molecule has 2 heterocycles. The summed E-state index contributed by atoms with van der Waals surface area (Å²) in [5.41, 5.74) is 1.76. The van der Waals surface area contributed by atoms with Gasteiger partial charge in [-0.25, -0.2) is 4.39 Å². The van der Waals surface area contributed by atoms with Crippen LogP contribution in [0.3, 0.4) is 0 Å². The Morgan fingerprint density at radius 3 is 2.75 bits per heavy atom. The number of hydrogen-bond acceptors (Lipinski definition) is 3. The first-order chi connectivity index (χ1) is 11.5. The molecule has 2 aliphatic rings. The summed E-state index contributed by atoms with van der Waals surface area (Å²) in [6, 6.07) is 5.70. The predicted octanol–water partition coefficient (Wildman–Crippen LogP) is 2.61. The smallest absolute Gasteiger partial charge is 0.224 e. The highest BCUT2D eigenvalue weighted by Crippen LogP contribution is 2.25. The second kappa shape index (κ2) is 7.51. The van der Waals surface area contributed by atoms with E-state index in [4.69, 9.17) is 0 Å². The Kier molecular flexibility index (Phi) is 5.39. The van der Waals surface area contributed by atoms with E-state index in [1.807, 2.05) is 13.0 Å². The Morgan fingerprint density at radius 1 is 1.29 bits per heavy atom. The minimum absolute atomic E-state index is 0.0750. The maximum atomic E-state index is 14.0. The lowest BCUT2D eigenvalue weighted by molar-refractivity contribution is -0.127. The van der Waals surface area contributed by atoms with Crippen molar-refractivity contribution < 1.29 is 9.18 Å². The molecule has 2 saturated heterocycles. The van der Waals surface area contributed by atoms with Crippen LogP contribution in [-0.2, 0) is 4.79 Å². The number of aryl methyl sites for hydroxylation is 1. The second-order valence-corrected chi connectivity index (χ2v) is 7.22. The quantitative estimate of drug-likeness (QED) is 0.894. The van der Waals surface area contributed by atoms with E-state index in [0.29, 0.717) is 5.69 Å². The monoisotopic (exact) mass is 333 g/mol. The van der Waals surface area contributed by atoms with Crippen LogP contribution >= 0.6 is 0 Å². The number of rotatable bonds is 3. The summed E-state index contributed by atoms with van der Waals surface area (Å²) in [4.78, 5) is 14.6. The molecule has 0 unspecified atom stereocenters. The number of carbonyl (C=O) groups excluding carboxylic acids is 1. The number of benzene rings is 1. The van der Waals surface area contributed by atoms with Crippen LogP contribution in [0.15, 0.2) is 18.2 Å². The standard InChI is InChI=1S/C19H28FN3O/c1-13-5-6-17(20)18(12-13)23-10-7-15(8-11-23)22-19(24)16-4-3-9-21-14(16)2/h5-6,12,14-16,21H,3-4,7-11H2,1-2H3,(H,22,24)/t14-,16-/m1/s1. The van der Waals surface area contributed by atoms with Crippen LogP contribution in [0.2, 0.25) is 0 Å². The van der Waals surface area contributed by atoms with Crippen molar-refractivity contribution in [2.24, 2.45) is 5.92 Å². The van der Waals surface area contributed by atoms with E-state index in [-0.39, 0.29) is 29.7 Å². The molecule has 0 spiro atoms. The minimum Gasteiger partial charge on any atom is -0.369 e. The number of nitrogens with zero attached hydrogens (tertiary/aromatic N) is 1. The summed E-state index contributed by atoms with van der Waals surface area (Å²) in [5, 5.41) is 6.60. The van der Waals surface area contributed by atoms with Crippen LogP contribution in [-0.4, -0.2) is 37.6 Å². The normalized spacial score (nSPS) is 25.5. The number of halogens is 1. The number of anilines is 1. The SMILES string of the molecule is Cc1ccc(F)c(N2CCC(NC(=O)[C@@H]3CCCN[C@@H]3C)CC2)c1. The Bertz CT molecular complexity index is 584. The van der Waals surface area contributed by atoms with Crippen molar-refractivity contribution >= 4 is 11.6 Å². The van der Waals surface area contributed by atoms with Crippen LogP contribution in [0.5, 0.6) is 0 Å². The van der Waals surface area contributed by atoms with E-state index in [9.17, 15) is 9.18 Å². The largest absolute Gasteiger partial charge is 0.369 e. The summed E-state index contributed by atoms with van der Waals surface area (Å²) in [6.45, 7) is 6.64. The minimum atomic E-state index is -0.162. The lowest BCUT2D eigenvalue weighted by Gasteiger charge is -2.36. The molecule has 0 saturated carbocycles. The fourth-order valence-corrected chi connectivity index (χ4v) is 3.84. The highest BCUT2D eigenvalue weighted by Gasteiger charge is 2.30. The average molecular weight is 333 g/mol. The third-order valence-electron chi connectivity index (χ3n) is 5.38. The lowest BCUT2D eigenvalue weighted by Crippen LogP contribution is -2.51. The maximum absolute atomic E-state index is 14.0. The van der Waals surface area contributed by atoms with E-state index in [1.165, 1.54) is 6.07 Å². The summed E-state index contributed by atoms with van der Waals surface area (Å²) in [5.74, 6) is 0.0890. The van der Waals surface area contributed by atoms with Crippen LogP contribution in [0, 0.1) is 18.7 Å². The van der Waals surface area contributed by atoms with Gasteiger partial charge in [0.2, 0.25) is 5.91 Å². The number of amides is 1. The van der Waals surface area contributed by atoms with Crippen molar-refractivity contribution in [3.63, 3.8) is 0 Å². The Labute approximate surface area is 143 Å². The van der Waals surface area contributed by atoms with Gasteiger partial charge in [0.05, 0.1) is 11.6 Å². The van der Waals surface area contributed by atoms with Gasteiger partial charge in [0.15, 0.2) is 0 Å². The molecular formula is C19H28FN3O. The molecular weight excluding hydrogens is 305 g/mol. The summed E-state index contributed by atoms with van der Waals surface area (Å²) < 4.78 is 14.0. The van der Waals surface area contributed by atoms with E-state index in [2.05, 4.69) is 22.5 Å². The zero-order chi connectivity index (χ0) is 17.1. The zero-order valence-electron chi connectivity index (χ0n) is 14.6. The first-order valence-electron chi connectivity index (χ1n) is 9.09. The van der Waals surface area contributed by atoms with Crippen molar-refractivity contribution in [2.45, 2.75) is 51.6 Å². The molecule has 4 nitrogen and oxygen atoms in total. The first kappa shape index (κ1) is 17.2. The zero-order valence-corrected chi connectivity index (χ0v) is 14.6. The summed E-state index contributed by atoms with van der Waals surface area (Å²) in [6.07, 6.45) is 3.77. The number of carbonyl (C=O) groups is 1. The van der Waals surface area contributed by atoms with Gasteiger partial charge in [-0.1, -0.05) is 6.07 Å². The average Bonchev–Trinajstić information content (AvgIpc) is 2.58. The highest BCUT2D eigenvalue weighted by molar-refractivity contribution is 5.79. The van der Waals surface area contributed by atoms with Crippen LogP contribution in [0.25, 0.3) is 0 Å². The molecule has 3 rings (SSSR count). The van der Waals surface area contributed by atoms with Gasteiger partial charge in [-0.15, -0.1) is 0 Å². The van der Waals surface area contributed by atoms with Crippen LogP contribution < -0.4 is 15.5 Å². The molecule has 24 heavy (non-hydrogen) atoms. The van der Waals surface area contributed by atoms with Gasteiger partial charge in [-0.2, -0.15) is 0 Å². The van der Waals surface area contributed by atoms with Crippen LogP contribution in [0.1, 0.15) is 38.2 Å². The van der Waals surface area contributed by atoms with Gasteiger partial charge in [-0.3, -0.25) is 4.79 Å². The van der Waals surface area contributed by atoms with Crippen LogP contribution in [0.4, 0.5) is 10.1 Å². The molecule has 2 atom stereocenters. The molecule has 1 aromatic carbocycles. The van der Waals surface area contributed by atoms with Gasteiger partial charge in [0, 0.05) is 25.2 Å². The molecule has 0 bridgehead atoms. The molecule has 1 amide bonds. The van der Waals surface area contributed by atoms with Gasteiger partial charge in [0.25, 0.3) is 0 Å². The number of piperidine rings is 2. The molecule has 0 aromatic heterocycles. The summed E-state index contributed by atoms with van der Waals surface area (Å²) in [7, 11) is 0. The third-order valence-corrected chi connectivity index (χ3v) is 5.38. The Morgan fingerprint density at radius 2 is 2.04 bits per heavy atom. The van der Waals surface area contributed by atoms with E-state index in [0.717, 1.165) is 50.9 Å². The first-order valence-corrected chi connectivity index (χ1v) is 9.09. The Balaban J connectivity index is 1.53. The van der Waals surface area contributed by atoms with E-state index in [1.54, 1.807) is 6.07 Å². The molecule has 1 aromatic rings. The Hall–Kier alpha value is -1.62. The maximum Gasteiger partial charge on any atom is 0.224 e. The molecule has 0 radical (unpaired) electrons.